The Morgan fingerprint density at radius 1 is 1.50 bits per heavy atom. The summed E-state index contributed by atoms with van der Waals surface area (Å²) in [5.74, 6) is -0.420. The van der Waals surface area contributed by atoms with E-state index in [-0.39, 0.29) is 17.4 Å². The molecule has 1 saturated carbocycles. The number of hydrogen-bond donors (Lipinski definition) is 1. The Morgan fingerprint density at radius 2 is 2.12 bits per heavy atom. The van der Waals surface area contributed by atoms with Gasteiger partial charge in [0.05, 0.1) is 0 Å². The van der Waals surface area contributed by atoms with Crippen molar-refractivity contribution in [2.75, 3.05) is 0 Å². The molecule has 0 aromatic carbocycles. The van der Waals surface area contributed by atoms with E-state index in [0.29, 0.717) is 11.5 Å². The Kier molecular flexibility index (Phi) is 2.58. The van der Waals surface area contributed by atoms with Gasteiger partial charge in [-0.3, -0.25) is 4.79 Å². The lowest BCUT2D eigenvalue weighted by Crippen LogP contribution is -2.12. The lowest BCUT2D eigenvalue weighted by atomic mass is 9.97. The fourth-order valence-corrected chi connectivity index (χ4v) is 1.99. The number of carbonyl (C=O) groups is 2. The first kappa shape index (κ1) is 10.9. The predicted octanol–water partition coefficient (Wildman–Crippen LogP) is 1.95. The second-order valence-electron chi connectivity index (χ2n) is 4.52. The molecule has 1 fully saturated rings. The molecule has 16 heavy (non-hydrogen) atoms. The van der Waals surface area contributed by atoms with Crippen LogP contribution in [0.3, 0.4) is 0 Å². The van der Waals surface area contributed by atoms with Crippen LogP contribution in [0.15, 0.2) is 12.3 Å². The number of nitrogens with zero attached hydrogens (tertiary/aromatic N) is 1. The number of hydrogen-bond acceptors (Lipinski definition) is 2. The SMILES string of the molecule is CC(C(=O)c1cc(C(=O)O)n(C)c1)C1CC1. The molecule has 1 aliphatic rings. The van der Waals surface area contributed by atoms with Crippen LogP contribution in [-0.2, 0) is 7.05 Å². The Morgan fingerprint density at radius 3 is 2.56 bits per heavy atom. The lowest BCUT2D eigenvalue weighted by Gasteiger charge is -2.06. The van der Waals surface area contributed by atoms with Crippen LogP contribution in [0, 0.1) is 11.8 Å². The summed E-state index contributed by atoms with van der Waals surface area (Å²) < 4.78 is 1.48. The summed E-state index contributed by atoms with van der Waals surface area (Å²) in [6.07, 6.45) is 3.84. The topological polar surface area (TPSA) is 59.3 Å². The minimum Gasteiger partial charge on any atom is -0.477 e. The summed E-state index contributed by atoms with van der Waals surface area (Å²) in [6.45, 7) is 1.92. The van der Waals surface area contributed by atoms with Crippen LogP contribution in [0.5, 0.6) is 0 Å². The summed E-state index contributed by atoms with van der Waals surface area (Å²) in [5, 5.41) is 8.89. The van der Waals surface area contributed by atoms with E-state index in [9.17, 15) is 9.59 Å². The summed E-state index contributed by atoms with van der Waals surface area (Å²) in [6, 6.07) is 1.46. The van der Waals surface area contributed by atoms with Gasteiger partial charge in [0.1, 0.15) is 5.69 Å². The van der Waals surface area contributed by atoms with Gasteiger partial charge in [0, 0.05) is 24.7 Å². The van der Waals surface area contributed by atoms with E-state index in [1.165, 1.54) is 10.6 Å². The van der Waals surface area contributed by atoms with E-state index in [1.807, 2.05) is 6.92 Å². The van der Waals surface area contributed by atoms with E-state index in [0.717, 1.165) is 12.8 Å². The van der Waals surface area contributed by atoms with Crippen molar-refractivity contribution in [2.45, 2.75) is 19.8 Å². The molecule has 0 amide bonds. The van der Waals surface area contributed by atoms with Crippen LogP contribution in [0.25, 0.3) is 0 Å². The Labute approximate surface area is 93.9 Å². The zero-order valence-electron chi connectivity index (χ0n) is 9.43. The predicted molar refractivity (Wildman–Crippen MR) is 58.6 cm³/mol. The van der Waals surface area contributed by atoms with Gasteiger partial charge in [-0.1, -0.05) is 6.92 Å². The molecule has 1 unspecified atom stereocenters. The van der Waals surface area contributed by atoms with E-state index in [2.05, 4.69) is 0 Å². The molecule has 1 aromatic heterocycles. The quantitative estimate of drug-likeness (QED) is 0.790. The highest BCUT2D eigenvalue weighted by Gasteiger charge is 2.33. The monoisotopic (exact) mass is 221 g/mol. The molecule has 1 N–H and O–H groups in total. The molecule has 86 valence electrons. The van der Waals surface area contributed by atoms with Gasteiger partial charge in [0.15, 0.2) is 5.78 Å². The molecule has 0 saturated heterocycles. The molecule has 1 aliphatic carbocycles. The number of carbonyl (C=O) groups excluding carboxylic acids is 1. The first-order valence-electron chi connectivity index (χ1n) is 5.44. The highest BCUT2D eigenvalue weighted by atomic mass is 16.4. The highest BCUT2D eigenvalue weighted by Crippen LogP contribution is 2.38. The van der Waals surface area contributed by atoms with Crippen molar-refractivity contribution in [3.05, 3.63) is 23.5 Å². The number of Topliss-reactive ketones (excluding diaryl/α,β-unsaturated/α-hetero) is 1. The molecule has 1 aromatic rings. The van der Waals surface area contributed by atoms with E-state index in [1.54, 1.807) is 13.2 Å². The number of aryl methyl sites for hydroxylation is 1. The maximum atomic E-state index is 12.0. The molecule has 0 aliphatic heterocycles. The molecule has 4 nitrogen and oxygen atoms in total. The summed E-state index contributed by atoms with van der Waals surface area (Å²) in [5.41, 5.74) is 0.672. The third-order valence-electron chi connectivity index (χ3n) is 3.25. The minimum absolute atomic E-state index is 0.0176. The number of carboxylic acid groups (broad SMARTS) is 1. The number of ketones is 1. The smallest absolute Gasteiger partial charge is 0.352 e. The Balaban J connectivity index is 2.23. The largest absolute Gasteiger partial charge is 0.477 e. The summed E-state index contributed by atoms with van der Waals surface area (Å²) in [7, 11) is 1.64. The van der Waals surface area contributed by atoms with Crippen LogP contribution >= 0.6 is 0 Å². The van der Waals surface area contributed by atoms with Crippen LogP contribution in [-0.4, -0.2) is 21.4 Å². The Hall–Kier alpha value is -1.58. The average Bonchev–Trinajstić information content (AvgIpc) is 2.99. The van der Waals surface area contributed by atoms with Gasteiger partial charge in [-0.05, 0) is 24.8 Å². The van der Waals surface area contributed by atoms with Crippen LogP contribution in [0.4, 0.5) is 0 Å². The van der Waals surface area contributed by atoms with Crippen molar-refractivity contribution in [3.8, 4) is 0 Å². The summed E-state index contributed by atoms with van der Waals surface area (Å²) >= 11 is 0. The molecule has 0 spiro atoms. The van der Waals surface area contributed by atoms with Crippen molar-refractivity contribution >= 4 is 11.8 Å². The van der Waals surface area contributed by atoms with Gasteiger partial charge < -0.3 is 9.67 Å². The first-order chi connectivity index (χ1) is 7.50. The maximum absolute atomic E-state index is 12.0. The fraction of sp³-hybridized carbons (Fsp3) is 0.500. The average molecular weight is 221 g/mol. The molecular formula is C12H15NO3. The van der Waals surface area contributed by atoms with Gasteiger partial charge in [-0.25, -0.2) is 4.79 Å². The van der Waals surface area contributed by atoms with Crippen molar-refractivity contribution < 1.29 is 14.7 Å². The fourth-order valence-electron chi connectivity index (χ4n) is 1.99. The normalized spacial score (nSPS) is 17.1. The summed E-state index contributed by atoms with van der Waals surface area (Å²) in [4.78, 5) is 22.8. The van der Waals surface area contributed by atoms with Gasteiger partial charge in [-0.2, -0.15) is 0 Å². The van der Waals surface area contributed by atoms with Crippen LogP contribution in [0.2, 0.25) is 0 Å². The van der Waals surface area contributed by atoms with Crippen molar-refractivity contribution in [3.63, 3.8) is 0 Å². The Bertz CT molecular complexity index is 443. The van der Waals surface area contributed by atoms with E-state index >= 15 is 0 Å². The third-order valence-corrected chi connectivity index (χ3v) is 3.25. The van der Waals surface area contributed by atoms with Crippen molar-refractivity contribution in [2.24, 2.45) is 18.9 Å². The molecule has 0 radical (unpaired) electrons. The standard InChI is InChI=1S/C12H15NO3/c1-7(8-3-4-8)11(14)9-5-10(12(15)16)13(2)6-9/h5-8H,3-4H2,1-2H3,(H,15,16). The van der Waals surface area contributed by atoms with Gasteiger partial charge >= 0.3 is 5.97 Å². The number of rotatable bonds is 4. The molecule has 2 rings (SSSR count). The van der Waals surface area contributed by atoms with Gasteiger partial charge in [0.25, 0.3) is 0 Å². The zero-order valence-corrected chi connectivity index (χ0v) is 9.43. The molecule has 0 bridgehead atoms. The third kappa shape index (κ3) is 1.87. The van der Waals surface area contributed by atoms with Gasteiger partial charge in [0.2, 0.25) is 0 Å². The first-order valence-corrected chi connectivity index (χ1v) is 5.44. The maximum Gasteiger partial charge on any atom is 0.352 e. The number of carboxylic acids is 1. The molecular weight excluding hydrogens is 206 g/mol. The number of aromatic nitrogens is 1. The van der Waals surface area contributed by atoms with Crippen LogP contribution < -0.4 is 0 Å². The highest BCUT2D eigenvalue weighted by molar-refractivity contribution is 6.00. The van der Waals surface area contributed by atoms with E-state index < -0.39 is 5.97 Å². The molecule has 1 heterocycles. The van der Waals surface area contributed by atoms with E-state index in [4.69, 9.17) is 5.11 Å². The minimum atomic E-state index is -0.999. The molecule has 1 atom stereocenters. The second kappa shape index (κ2) is 3.77. The number of aromatic carboxylic acids is 1. The second-order valence-corrected chi connectivity index (χ2v) is 4.52. The van der Waals surface area contributed by atoms with Crippen molar-refractivity contribution in [1.29, 1.82) is 0 Å². The zero-order chi connectivity index (χ0) is 11.9. The van der Waals surface area contributed by atoms with Gasteiger partial charge in [-0.15, -0.1) is 0 Å². The molecule has 4 heteroatoms. The lowest BCUT2D eigenvalue weighted by molar-refractivity contribution is 0.0686. The van der Waals surface area contributed by atoms with Crippen molar-refractivity contribution in [1.82, 2.24) is 4.57 Å². The van der Waals surface area contributed by atoms with Crippen LogP contribution in [0.1, 0.15) is 40.6 Å².